The van der Waals surface area contributed by atoms with Crippen molar-refractivity contribution < 1.29 is 0 Å². The van der Waals surface area contributed by atoms with E-state index in [1.165, 1.54) is 4.68 Å². The van der Waals surface area contributed by atoms with Gasteiger partial charge in [-0.1, -0.05) is 18.2 Å². The van der Waals surface area contributed by atoms with Crippen LogP contribution in [0, 0.1) is 0 Å². The number of nitrogens with zero attached hydrogens (tertiary/aromatic N) is 4. The van der Waals surface area contributed by atoms with Gasteiger partial charge in [-0.05, 0) is 12.1 Å². The zero-order valence-electron chi connectivity index (χ0n) is 14.1. The quantitative estimate of drug-likeness (QED) is 0.577. The SMILES string of the molecule is O=c1c2c[nH]c3cc(N4CCNCC4)ncc3c-2nn1-c1ccccc1. The van der Waals surface area contributed by atoms with Crippen molar-refractivity contribution in [3.8, 4) is 16.9 Å². The predicted octanol–water partition coefficient (Wildman–Crippen LogP) is 1.62. The highest BCUT2D eigenvalue weighted by molar-refractivity contribution is 5.93. The lowest BCUT2D eigenvalue weighted by molar-refractivity contribution is 0.585. The smallest absolute Gasteiger partial charge is 0.282 e. The van der Waals surface area contributed by atoms with E-state index in [-0.39, 0.29) is 5.56 Å². The third-order valence-electron chi connectivity index (χ3n) is 4.84. The van der Waals surface area contributed by atoms with E-state index in [2.05, 4.69) is 25.3 Å². The minimum atomic E-state index is -0.129. The summed E-state index contributed by atoms with van der Waals surface area (Å²) in [5, 5.41) is 8.77. The van der Waals surface area contributed by atoms with Crippen molar-refractivity contribution in [2.75, 3.05) is 31.1 Å². The Morgan fingerprint density at radius 2 is 1.88 bits per heavy atom. The zero-order valence-corrected chi connectivity index (χ0v) is 14.1. The summed E-state index contributed by atoms with van der Waals surface area (Å²) in [4.78, 5) is 22.9. The van der Waals surface area contributed by atoms with Crippen LogP contribution in [0.4, 0.5) is 5.82 Å². The van der Waals surface area contributed by atoms with Crippen molar-refractivity contribution in [1.82, 2.24) is 25.1 Å². The van der Waals surface area contributed by atoms with E-state index in [1.807, 2.05) is 42.6 Å². The molecule has 3 aliphatic rings. The summed E-state index contributed by atoms with van der Waals surface area (Å²) in [7, 11) is 0. The minimum Gasteiger partial charge on any atom is -0.360 e. The van der Waals surface area contributed by atoms with Crippen LogP contribution in [0.1, 0.15) is 0 Å². The molecule has 1 aromatic carbocycles. The van der Waals surface area contributed by atoms with Crippen molar-refractivity contribution in [3.05, 3.63) is 59.1 Å². The third-order valence-corrected chi connectivity index (χ3v) is 4.84. The first-order valence-electron chi connectivity index (χ1n) is 8.72. The Morgan fingerprint density at radius 3 is 2.69 bits per heavy atom. The van der Waals surface area contributed by atoms with Crippen LogP contribution in [-0.2, 0) is 0 Å². The van der Waals surface area contributed by atoms with Gasteiger partial charge < -0.3 is 15.2 Å². The largest absolute Gasteiger partial charge is 0.360 e. The lowest BCUT2D eigenvalue weighted by atomic mass is 10.1. The van der Waals surface area contributed by atoms with Gasteiger partial charge in [-0.15, -0.1) is 0 Å². The predicted molar refractivity (Wildman–Crippen MR) is 101 cm³/mol. The molecular weight excluding hydrogens is 328 g/mol. The zero-order chi connectivity index (χ0) is 17.5. The number of hydrogen-bond acceptors (Lipinski definition) is 5. The number of fused-ring (bicyclic) bond motifs is 3. The highest BCUT2D eigenvalue weighted by Gasteiger charge is 2.20. The standard InChI is InChI=1S/C19H18N6O/c26-19-15-12-21-16-10-17(24-8-6-20-7-9-24)22-11-14(16)18(15)23-25(19)13-4-2-1-3-5-13/h1-5,10-12,20-21H,6-9H2. The second-order valence-corrected chi connectivity index (χ2v) is 6.43. The number of aromatic nitrogens is 4. The number of nitrogens with one attached hydrogen (secondary N) is 2. The van der Waals surface area contributed by atoms with Crippen LogP contribution in [-0.4, -0.2) is 45.9 Å². The molecule has 2 aromatic rings. The average molecular weight is 346 g/mol. The van der Waals surface area contributed by atoms with Gasteiger partial charge in [0.15, 0.2) is 0 Å². The monoisotopic (exact) mass is 346 g/mol. The second kappa shape index (κ2) is 5.96. The number of para-hydroxylation sites is 1. The van der Waals surface area contributed by atoms with E-state index in [0.29, 0.717) is 11.3 Å². The lowest BCUT2D eigenvalue weighted by Gasteiger charge is -2.28. The van der Waals surface area contributed by atoms with Crippen molar-refractivity contribution >= 4 is 16.7 Å². The molecule has 0 saturated carbocycles. The van der Waals surface area contributed by atoms with Gasteiger partial charge in [-0.2, -0.15) is 9.78 Å². The molecule has 0 radical (unpaired) electrons. The van der Waals surface area contributed by atoms with Crippen LogP contribution in [0.25, 0.3) is 27.8 Å². The van der Waals surface area contributed by atoms with Gasteiger partial charge >= 0.3 is 0 Å². The molecule has 3 aliphatic heterocycles. The summed E-state index contributed by atoms with van der Waals surface area (Å²) in [6, 6.07) is 11.5. The molecule has 2 N–H and O–H groups in total. The lowest BCUT2D eigenvalue weighted by Crippen LogP contribution is -2.43. The Hall–Kier alpha value is -3.19. The molecule has 1 aromatic heterocycles. The molecule has 0 unspecified atom stereocenters. The van der Waals surface area contributed by atoms with E-state index in [9.17, 15) is 4.79 Å². The van der Waals surface area contributed by atoms with Crippen molar-refractivity contribution in [2.24, 2.45) is 0 Å². The van der Waals surface area contributed by atoms with Gasteiger partial charge in [-0.3, -0.25) is 4.79 Å². The normalized spacial score (nSPS) is 15.0. The highest BCUT2D eigenvalue weighted by atomic mass is 16.1. The van der Waals surface area contributed by atoms with Crippen LogP contribution >= 0.6 is 0 Å². The van der Waals surface area contributed by atoms with Crippen LogP contribution < -0.4 is 15.8 Å². The topological polar surface area (TPSA) is 78.8 Å². The number of aromatic amines is 1. The Bertz CT molecular complexity index is 1090. The molecule has 5 rings (SSSR count). The third kappa shape index (κ3) is 2.36. The maximum atomic E-state index is 12.7. The van der Waals surface area contributed by atoms with Gasteiger partial charge in [0.05, 0.1) is 16.8 Å². The molecule has 0 amide bonds. The Morgan fingerprint density at radius 1 is 1.08 bits per heavy atom. The summed E-state index contributed by atoms with van der Waals surface area (Å²) in [5.74, 6) is 0.944. The Labute approximate surface area is 149 Å². The van der Waals surface area contributed by atoms with Crippen LogP contribution in [0.3, 0.4) is 0 Å². The molecule has 7 nitrogen and oxygen atoms in total. The van der Waals surface area contributed by atoms with Crippen molar-refractivity contribution in [3.63, 3.8) is 0 Å². The van der Waals surface area contributed by atoms with E-state index in [0.717, 1.165) is 48.6 Å². The number of hydrogen-bond donors (Lipinski definition) is 2. The van der Waals surface area contributed by atoms with Gasteiger partial charge in [0.25, 0.3) is 5.56 Å². The molecule has 130 valence electrons. The van der Waals surface area contributed by atoms with Crippen LogP contribution in [0.5, 0.6) is 0 Å². The summed E-state index contributed by atoms with van der Waals surface area (Å²) < 4.78 is 1.45. The maximum absolute atomic E-state index is 12.7. The maximum Gasteiger partial charge on any atom is 0.282 e. The van der Waals surface area contributed by atoms with E-state index in [4.69, 9.17) is 0 Å². The molecule has 0 spiro atoms. The second-order valence-electron chi connectivity index (χ2n) is 6.43. The number of anilines is 1. The van der Waals surface area contributed by atoms with Crippen LogP contribution in [0.2, 0.25) is 0 Å². The fourth-order valence-electron chi connectivity index (χ4n) is 3.46. The molecule has 0 atom stereocenters. The van der Waals surface area contributed by atoms with E-state index >= 15 is 0 Å². The molecular formula is C19H18N6O. The van der Waals surface area contributed by atoms with E-state index in [1.54, 1.807) is 6.20 Å². The fourth-order valence-corrected chi connectivity index (χ4v) is 3.46. The molecule has 1 fully saturated rings. The first kappa shape index (κ1) is 15.1. The number of rotatable bonds is 2. The summed E-state index contributed by atoms with van der Waals surface area (Å²) in [6.45, 7) is 3.80. The molecule has 0 aliphatic carbocycles. The first-order valence-corrected chi connectivity index (χ1v) is 8.72. The van der Waals surface area contributed by atoms with Gasteiger partial charge in [0, 0.05) is 50.0 Å². The van der Waals surface area contributed by atoms with E-state index < -0.39 is 0 Å². The van der Waals surface area contributed by atoms with Crippen molar-refractivity contribution in [1.29, 1.82) is 0 Å². The van der Waals surface area contributed by atoms with Gasteiger partial charge in [0.1, 0.15) is 11.5 Å². The van der Waals surface area contributed by atoms with Gasteiger partial charge in [-0.25, -0.2) is 4.98 Å². The Balaban J connectivity index is 1.66. The van der Waals surface area contributed by atoms with Crippen LogP contribution in [0.15, 0.2) is 53.6 Å². The van der Waals surface area contributed by atoms with Gasteiger partial charge in [0.2, 0.25) is 0 Å². The summed E-state index contributed by atoms with van der Waals surface area (Å²) in [5.41, 5.74) is 2.80. The number of H-pyrrole nitrogens is 1. The average Bonchev–Trinajstić information content (AvgIpc) is 3.06. The first-order chi connectivity index (χ1) is 12.8. The molecule has 1 saturated heterocycles. The number of benzene rings is 1. The summed E-state index contributed by atoms with van der Waals surface area (Å²) in [6.07, 6.45) is 3.56. The molecule has 0 bridgehead atoms. The molecule has 4 heterocycles. The molecule has 26 heavy (non-hydrogen) atoms. The van der Waals surface area contributed by atoms with Crippen molar-refractivity contribution in [2.45, 2.75) is 0 Å². The summed E-state index contributed by atoms with van der Waals surface area (Å²) >= 11 is 0. The fraction of sp³-hybridized carbons (Fsp3) is 0.211. The Kier molecular flexibility index (Phi) is 3.46. The highest BCUT2D eigenvalue weighted by Crippen LogP contribution is 2.27. The number of piperazine rings is 1. The minimum absolute atomic E-state index is 0.129. The molecule has 7 heteroatoms. The number of pyridine rings is 2.